The molecular formula is C14H20N2O4S. The average Bonchev–Trinajstić information content (AvgIpc) is 2.62. The number of nitrogens with zero attached hydrogens (tertiary/aromatic N) is 2. The fraction of sp³-hybridized carbons (Fsp3) is 0.500. The van der Waals surface area contributed by atoms with Gasteiger partial charge in [-0.05, 0) is 37.6 Å². The minimum absolute atomic E-state index is 0.00868. The second kappa shape index (κ2) is 5.08. The Morgan fingerprint density at radius 1 is 1.38 bits per heavy atom. The maximum atomic E-state index is 12.5. The minimum Gasteiger partial charge on any atom is -0.389 e. The molecule has 7 heteroatoms. The first-order valence-corrected chi connectivity index (χ1v) is 8.04. The van der Waals surface area contributed by atoms with Crippen LogP contribution >= 0.6 is 0 Å². The van der Waals surface area contributed by atoms with Crippen molar-refractivity contribution in [2.45, 2.75) is 30.8 Å². The van der Waals surface area contributed by atoms with Crippen LogP contribution in [0.15, 0.2) is 23.1 Å². The molecule has 0 bridgehead atoms. The van der Waals surface area contributed by atoms with Gasteiger partial charge < -0.3 is 10.0 Å². The Balaban J connectivity index is 2.35. The summed E-state index contributed by atoms with van der Waals surface area (Å²) < 4.78 is 26.1. The van der Waals surface area contributed by atoms with Gasteiger partial charge in [0, 0.05) is 26.3 Å². The third-order valence-electron chi connectivity index (χ3n) is 3.45. The van der Waals surface area contributed by atoms with E-state index < -0.39 is 15.6 Å². The molecule has 0 spiro atoms. The Morgan fingerprint density at radius 3 is 2.57 bits per heavy atom. The van der Waals surface area contributed by atoms with Crippen LogP contribution in [0.1, 0.15) is 19.4 Å². The van der Waals surface area contributed by atoms with Crippen molar-refractivity contribution in [3.8, 4) is 0 Å². The molecule has 0 saturated carbocycles. The normalized spacial score (nSPS) is 15.7. The van der Waals surface area contributed by atoms with Crippen LogP contribution in [0, 0.1) is 0 Å². The van der Waals surface area contributed by atoms with E-state index in [0.29, 0.717) is 5.56 Å². The molecular weight excluding hydrogens is 292 g/mol. The summed E-state index contributed by atoms with van der Waals surface area (Å²) >= 11 is 0. The molecule has 1 aromatic rings. The molecule has 0 fully saturated rings. The zero-order valence-electron chi connectivity index (χ0n) is 12.6. The van der Waals surface area contributed by atoms with E-state index in [2.05, 4.69) is 0 Å². The van der Waals surface area contributed by atoms with E-state index in [0.717, 1.165) is 9.99 Å². The summed E-state index contributed by atoms with van der Waals surface area (Å²) in [5, 5.41) is 9.77. The summed E-state index contributed by atoms with van der Waals surface area (Å²) in [7, 11) is -0.587. The summed E-state index contributed by atoms with van der Waals surface area (Å²) in [6.07, 6.45) is 0.213. The highest BCUT2D eigenvalue weighted by atomic mass is 32.2. The third-order valence-corrected chi connectivity index (χ3v) is 5.25. The van der Waals surface area contributed by atoms with Crippen LogP contribution < -0.4 is 4.90 Å². The van der Waals surface area contributed by atoms with Crippen molar-refractivity contribution in [2.75, 3.05) is 25.5 Å². The van der Waals surface area contributed by atoms with Gasteiger partial charge in [0.05, 0.1) is 16.9 Å². The Kier molecular flexibility index (Phi) is 3.86. The van der Waals surface area contributed by atoms with Crippen molar-refractivity contribution >= 4 is 21.6 Å². The number of likely N-dealkylation sites (N-methyl/N-ethyl adjacent to an activating group) is 2. The molecule has 0 radical (unpaired) electrons. The van der Waals surface area contributed by atoms with Gasteiger partial charge in [-0.2, -0.15) is 4.31 Å². The van der Waals surface area contributed by atoms with Crippen molar-refractivity contribution in [3.63, 3.8) is 0 Å². The lowest BCUT2D eigenvalue weighted by Gasteiger charge is -2.25. The summed E-state index contributed by atoms with van der Waals surface area (Å²) in [4.78, 5) is 13.3. The molecule has 21 heavy (non-hydrogen) atoms. The van der Waals surface area contributed by atoms with Crippen molar-refractivity contribution in [1.82, 2.24) is 4.31 Å². The van der Waals surface area contributed by atoms with E-state index in [1.54, 1.807) is 27.0 Å². The largest absolute Gasteiger partial charge is 0.389 e. The number of carbonyl (C=O) groups excluding carboxylic acids is 1. The Hall–Kier alpha value is -1.44. The van der Waals surface area contributed by atoms with Crippen molar-refractivity contribution in [1.29, 1.82) is 0 Å². The maximum absolute atomic E-state index is 12.5. The quantitative estimate of drug-likeness (QED) is 0.883. The SMILES string of the molecule is CN1C(=O)Cc2cc(S(=O)(=O)N(C)CC(C)(C)O)ccc21. The van der Waals surface area contributed by atoms with E-state index in [-0.39, 0.29) is 23.8 Å². The highest BCUT2D eigenvalue weighted by Crippen LogP contribution is 2.30. The predicted octanol–water partition coefficient (Wildman–Crippen LogP) is 0.597. The molecule has 1 aliphatic heterocycles. The van der Waals surface area contributed by atoms with Crippen LogP contribution in [-0.4, -0.2) is 50.0 Å². The number of hydrogen-bond donors (Lipinski definition) is 1. The smallest absolute Gasteiger partial charge is 0.242 e. The van der Waals surface area contributed by atoms with Crippen LogP contribution in [0.25, 0.3) is 0 Å². The van der Waals surface area contributed by atoms with Crippen molar-refractivity contribution in [3.05, 3.63) is 23.8 Å². The summed E-state index contributed by atoms with van der Waals surface area (Å²) in [5.41, 5.74) is 0.332. The predicted molar refractivity (Wildman–Crippen MR) is 79.7 cm³/mol. The van der Waals surface area contributed by atoms with Crippen LogP contribution in [0.3, 0.4) is 0 Å². The van der Waals surface area contributed by atoms with Gasteiger partial charge in [0.1, 0.15) is 0 Å². The fourth-order valence-electron chi connectivity index (χ4n) is 2.42. The van der Waals surface area contributed by atoms with Gasteiger partial charge in [0.15, 0.2) is 0 Å². The lowest BCUT2D eigenvalue weighted by atomic mass is 10.1. The Labute approximate surface area is 125 Å². The first-order chi connectivity index (χ1) is 9.52. The number of sulfonamides is 1. The first-order valence-electron chi connectivity index (χ1n) is 6.60. The highest BCUT2D eigenvalue weighted by molar-refractivity contribution is 7.89. The maximum Gasteiger partial charge on any atom is 0.242 e. The fourth-order valence-corrected chi connectivity index (χ4v) is 3.79. The number of anilines is 1. The number of aliphatic hydroxyl groups is 1. The van der Waals surface area contributed by atoms with Gasteiger partial charge in [0.25, 0.3) is 0 Å². The van der Waals surface area contributed by atoms with Crippen molar-refractivity contribution in [2.24, 2.45) is 0 Å². The molecule has 0 aromatic heterocycles. The van der Waals surface area contributed by atoms with Gasteiger partial charge in [0.2, 0.25) is 15.9 Å². The standard InChI is InChI=1S/C14H20N2O4S/c1-14(2,18)9-15(3)21(19,20)11-5-6-12-10(7-11)8-13(17)16(12)4/h5-7,18H,8-9H2,1-4H3. The summed E-state index contributed by atoms with van der Waals surface area (Å²) in [5.74, 6) is -0.0515. The summed E-state index contributed by atoms with van der Waals surface area (Å²) in [6, 6.07) is 4.67. The topological polar surface area (TPSA) is 77.9 Å². The van der Waals surface area contributed by atoms with Crippen LogP contribution in [0.2, 0.25) is 0 Å². The molecule has 1 N–H and O–H groups in total. The molecule has 0 unspecified atom stereocenters. The average molecular weight is 312 g/mol. The first kappa shape index (κ1) is 15.9. The van der Waals surface area contributed by atoms with Crippen LogP contribution in [0.4, 0.5) is 5.69 Å². The second-order valence-electron chi connectivity index (χ2n) is 5.99. The number of fused-ring (bicyclic) bond motifs is 1. The van der Waals surface area contributed by atoms with Gasteiger partial charge in [-0.25, -0.2) is 8.42 Å². The number of amides is 1. The number of rotatable bonds is 4. The van der Waals surface area contributed by atoms with E-state index >= 15 is 0 Å². The molecule has 1 aliphatic rings. The third kappa shape index (κ3) is 3.09. The number of hydrogen-bond acceptors (Lipinski definition) is 4. The lowest BCUT2D eigenvalue weighted by molar-refractivity contribution is -0.117. The van der Waals surface area contributed by atoms with Crippen LogP contribution in [-0.2, 0) is 21.2 Å². The van der Waals surface area contributed by atoms with Gasteiger partial charge >= 0.3 is 0 Å². The number of benzene rings is 1. The molecule has 1 heterocycles. The second-order valence-corrected chi connectivity index (χ2v) is 8.04. The number of carbonyl (C=O) groups is 1. The van der Waals surface area contributed by atoms with E-state index in [4.69, 9.17) is 0 Å². The molecule has 0 saturated heterocycles. The Bertz CT molecular complexity index is 677. The molecule has 0 aliphatic carbocycles. The zero-order valence-corrected chi connectivity index (χ0v) is 13.4. The van der Waals surface area contributed by atoms with E-state index in [1.807, 2.05) is 0 Å². The van der Waals surface area contributed by atoms with Crippen molar-refractivity contribution < 1.29 is 18.3 Å². The molecule has 1 aromatic carbocycles. The van der Waals surface area contributed by atoms with Gasteiger partial charge in [-0.3, -0.25) is 4.79 Å². The summed E-state index contributed by atoms with van der Waals surface area (Å²) in [6.45, 7) is 3.09. The molecule has 6 nitrogen and oxygen atoms in total. The van der Waals surface area contributed by atoms with E-state index in [9.17, 15) is 18.3 Å². The monoisotopic (exact) mass is 312 g/mol. The molecule has 0 atom stereocenters. The highest BCUT2D eigenvalue weighted by Gasteiger charge is 2.29. The lowest BCUT2D eigenvalue weighted by Crippen LogP contribution is -2.39. The van der Waals surface area contributed by atoms with Crippen LogP contribution in [0.5, 0.6) is 0 Å². The van der Waals surface area contributed by atoms with Gasteiger partial charge in [-0.15, -0.1) is 0 Å². The molecule has 1 amide bonds. The Morgan fingerprint density at radius 2 is 2.00 bits per heavy atom. The molecule has 116 valence electrons. The molecule has 2 rings (SSSR count). The minimum atomic E-state index is -3.69. The zero-order chi connectivity index (χ0) is 16.0. The van der Waals surface area contributed by atoms with E-state index in [1.165, 1.54) is 24.1 Å². The van der Waals surface area contributed by atoms with Gasteiger partial charge in [-0.1, -0.05) is 0 Å².